The molecule has 0 bridgehead atoms. The van der Waals surface area contributed by atoms with Crippen LogP contribution in [0.2, 0.25) is 0 Å². The van der Waals surface area contributed by atoms with Crippen molar-refractivity contribution in [3.63, 3.8) is 0 Å². The molecular formula is C17H18N4O2. The maximum absolute atomic E-state index is 12.5. The maximum atomic E-state index is 12.5. The van der Waals surface area contributed by atoms with Gasteiger partial charge in [-0.05, 0) is 17.7 Å². The van der Waals surface area contributed by atoms with Gasteiger partial charge in [0.25, 0.3) is 5.91 Å². The van der Waals surface area contributed by atoms with Gasteiger partial charge < -0.3 is 16.0 Å². The molecule has 1 atom stereocenters. The lowest BCUT2D eigenvalue weighted by Gasteiger charge is -2.37. The maximum Gasteiger partial charge on any atom is 0.320 e. The molecule has 0 spiro atoms. The first kappa shape index (κ1) is 15.1. The number of para-hydroxylation sites is 1. The van der Waals surface area contributed by atoms with Crippen molar-refractivity contribution in [3.05, 3.63) is 66.2 Å². The number of nitrogens with one attached hydrogen (secondary N) is 4. The van der Waals surface area contributed by atoms with Gasteiger partial charge in [-0.15, -0.1) is 0 Å². The van der Waals surface area contributed by atoms with Gasteiger partial charge in [-0.1, -0.05) is 48.5 Å². The molecule has 0 aliphatic carbocycles. The van der Waals surface area contributed by atoms with E-state index in [0.717, 1.165) is 5.56 Å². The fourth-order valence-electron chi connectivity index (χ4n) is 2.63. The number of amides is 3. The molecule has 118 valence electrons. The zero-order valence-corrected chi connectivity index (χ0v) is 12.5. The Kier molecular flexibility index (Phi) is 4.25. The quantitative estimate of drug-likeness (QED) is 0.691. The predicted octanol–water partition coefficient (Wildman–Crippen LogP) is 1.38. The van der Waals surface area contributed by atoms with Crippen LogP contribution in [0.5, 0.6) is 0 Å². The topological polar surface area (TPSA) is 82.3 Å². The molecule has 6 heteroatoms. The van der Waals surface area contributed by atoms with Crippen molar-refractivity contribution >= 4 is 17.6 Å². The molecule has 0 radical (unpaired) electrons. The Hall–Kier alpha value is -2.86. The highest BCUT2D eigenvalue weighted by atomic mass is 16.2. The standard InChI is InChI=1S/C17H18N4O2/c22-15-17(11-18-12-19-15,13-7-3-1-4-8-13)21-16(23)20-14-9-5-2-6-10-14/h1-10,18H,11-12H2,(H,19,22)(H2,20,21,23). The largest absolute Gasteiger partial charge is 0.341 e. The number of rotatable bonds is 3. The van der Waals surface area contributed by atoms with E-state index in [-0.39, 0.29) is 5.91 Å². The summed E-state index contributed by atoms with van der Waals surface area (Å²) in [6, 6.07) is 17.9. The highest BCUT2D eigenvalue weighted by Crippen LogP contribution is 2.23. The minimum atomic E-state index is -1.14. The first-order chi connectivity index (χ1) is 11.2. The highest BCUT2D eigenvalue weighted by Gasteiger charge is 2.43. The van der Waals surface area contributed by atoms with E-state index in [2.05, 4.69) is 21.3 Å². The monoisotopic (exact) mass is 310 g/mol. The van der Waals surface area contributed by atoms with Gasteiger partial charge in [0.15, 0.2) is 5.54 Å². The minimum absolute atomic E-state index is 0.231. The Morgan fingerprint density at radius 2 is 1.65 bits per heavy atom. The Labute approximate surface area is 134 Å². The van der Waals surface area contributed by atoms with Gasteiger partial charge in [0, 0.05) is 12.2 Å². The minimum Gasteiger partial charge on any atom is -0.341 e. The second-order valence-corrected chi connectivity index (χ2v) is 5.33. The predicted molar refractivity (Wildman–Crippen MR) is 87.7 cm³/mol. The molecular weight excluding hydrogens is 292 g/mol. The fourth-order valence-corrected chi connectivity index (χ4v) is 2.63. The molecule has 0 saturated carbocycles. The van der Waals surface area contributed by atoms with E-state index in [1.165, 1.54) is 0 Å². The van der Waals surface area contributed by atoms with Crippen LogP contribution >= 0.6 is 0 Å². The average molecular weight is 310 g/mol. The van der Waals surface area contributed by atoms with Crippen LogP contribution in [0.1, 0.15) is 5.56 Å². The van der Waals surface area contributed by atoms with E-state index < -0.39 is 11.6 Å². The van der Waals surface area contributed by atoms with Crippen molar-refractivity contribution in [3.8, 4) is 0 Å². The summed E-state index contributed by atoms with van der Waals surface area (Å²) in [6.07, 6.45) is 0. The van der Waals surface area contributed by atoms with Crippen LogP contribution in [0.15, 0.2) is 60.7 Å². The summed E-state index contributed by atoms with van der Waals surface area (Å²) in [6.45, 7) is 0.709. The molecule has 4 N–H and O–H groups in total. The van der Waals surface area contributed by atoms with Gasteiger partial charge in [0.2, 0.25) is 0 Å². The summed E-state index contributed by atoms with van der Waals surface area (Å²) >= 11 is 0. The molecule has 1 aliphatic heterocycles. The summed E-state index contributed by atoms with van der Waals surface area (Å²) in [4.78, 5) is 24.9. The first-order valence-corrected chi connectivity index (χ1v) is 7.39. The van der Waals surface area contributed by atoms with Crippen molar-refractivity contribution in [1.29, 1.82) is 0 Å². The van der Waals surface area contributed by atoms with E-state index in [1.54, 1.807) is 12.1 Å². The number of carbonyl (C=O) groups excluding carboxylic acids is 2. The third-order valence-electron chi connectivity index (χ3n) is 3.78. The molecule has 3 amide bonds. The third-order valence-corrected chi connectivity index (χ3v) is 3.78. The van der Waals surface area contributed by atoms with Crippen molar-refractivity contribution in [2.45, 2.75) is 5.54 Å². The smallest absolute Gasteiger partial charge is 0.320 e. The summed E-state index contributed by atoms with van der Waals surface area (Å²) < 4.78 is 0. The number of hydrogen-bond donors (Lipinski definition) is 4. The van der Waals surface area contributed by atoms with Crippen LogP contribution in [0.4, 0.5) is 10.5 Å². The molecule has 1 fully saturated rings. The Morgan fingerprint density at radius 3 is 2.30 bits per heavy atom. The fraction of sp³-hybridized carbons (Fsp3) is 0.176. The molecule has 1 heterocycles. The Morgan fingerprint density at radius 1 is 1.00 bits per heavy atom. The molecule has 0 aromatic heterocycles. The molecule has 23 heavy (non-hydrogen) atoms. The normalized spacial score (nSPS) is 20.4. The second-order valence-electron chi connectivity index (χ2n) is 5.33. The van der Waals surface area contributed by atoms with E-state index in [1.807, 2.05) is 48.5 Å². The summed E-state index contributed by atoms with van der Waals surface area (Å²) in [7, 11) is 0. The van der Waals surface area contributed by atoms with Gasteiger partial charge in [0.05, 0.1) is 6.67 Å². The van der Waals surface area contributed by atoms with Gasteiger partial charge >= 0.3 is 6.03 Å². The van der Waals surface area contributed by atoms with E-state index in [9.17, 15) is 9.59 Å². The average Bonchev–Trinajstić information content (AvgIpc) is 2.59. The summed E-state index contributed by atoms with van der Waals surface area (Å²) in [5, 5.41) is 11.4. The number of carbonyl (C=O) groups is 2. The molecule has 1 aliphatic rings. The van der Waals surface area contributed by atoms with Gasteiger partial charge in [-0.25, -0.2) is 4.79 Å². The number of anilines is 1. The lowest BCUT2D eigenvalue weighted by Crippen LogP contribution is -2.66. The van der Waals surface area contributed by atoms with Crippen molar-refractivity contribution in [2.75, 3.05) is 18.5 Å². The van der Waals surface area contributed by atoms with Crippen LogP contribution in [0.25, 0.3) is 0 Å². The van der Waals surface area contributed by atoms with E-state index in [4.69, 9.17) is 0 Å². The zero-order valence-electron chi connectivity index (χ0n) is 12.5. The third kappa shape index (κ3) is 3.17. The van der Waals surface area contributed by atoms with Crippen molar-refractivity contribution < 1.29 is 9.59 Å². The molecule has 2 aromatic carbocycles. The lowest BCUT2D eigenvalue weighted by atomic mass is 9.87. The zero-order chi connectivity index (χ0) is 16.1. The number of benzene rings is 2. The summed E-state index contributed by atoms with van der Waals surface area (Å²) in [5.41, 5.74) is 0.253. The van der Waals surface area contributed by atoms with Crippen molar-refractivity contribution in [1.82, 2.24) is 16.0 Å². The van der Waals surface area contributed by atoms with Gasteiger partial charge in [-0.2, -0.15) is 0 Å². The van der Waals surface area contributed by atoms with Crippen LogP contribution in [0.3, 0.4) is 0 Å². The van der Waals surface area contributed by atoms with Crippen LogP contribution < -0.4 is 21.3 Å². The highest BCUT2D eigenvalue weighted by molar-refractivity contribution is 5.97. The first-order valence-electron chi connectivity index (χ1n) is 7.39. The van der Waals surface area contributed by atoms with Gasteiger partial charge in [0.1, 0.15) is 0 Å². The SMILES string of the molecule is O=C(Nc1ccccc1)NC1(c2ccccc2)CNCNC1=O. The Balaban J connectivity index is 1.85. The molecule has 1 unspecified atom stereocenters. The molecule has 6 nitrogen and oxygen atoms in total. The number of hydrogen-bond acceptors (Lipinski definition) is 3. The van der Waals surface area contributed by atoms with E-state index in [0.29, 0.717) is 18.9 Å². The van der Waals surface area contributed by atoms with Gasteiger partial charge in [-0.3, -0.25) is 10.1 Å². The van der Waals surface area contributed by atoms with E-state index >= 15 is 0 Å². The van der Waals surface area contributed by atoms with Crippen LogP contribution in [-0.4, -0.2) is 25.2 Å². The second kappa shape index (κ2) is 6.50. The number of urea groups is 1. The van der Waals surface area contributed by atoms with Crippen molar-refractivity contribution in [2.24, 2.45) is 0 Å². The van der Waals surface area contributed by atoms with Crippen LogP contribution in [-0.2, 0) is 10.3 Å². The lowest BCUT2D eigenvalue weighted by molar-refractivity contribution is -0.129. The molecule has 3 rings (SSSR count). The summed E-state index contributed by atoms with van der Waals surface area (Å²) in [5.74, 6) is -0.231. The van der Waals surface area contributed by atoms with Crippen LogP contribution in [0, 0.1) is 0 Å². The Bertz CT molecular complexity index is 690. The molecule has 2 aromatic rings. The molecule has 1 saturated heterocycles.